The Morgan fingerprint density at radius 1 is 0.613 bits per heavy atom. The average Bonchev–Trinajstić information content (AvgIpc) is 2.79. The highest BCUT2D eigenvalue weighted by Crippen LogP contribution is 2.36. The molecule has 0 unspecified atom stereocenters. The van der Waals surface area contributed by atoms with Gasteiger partial charge in [-0.05, 0) is 53.4 Å². The summed E-state index contributed by atoms with van der Waals surface area (Å²) in [7, 11) is 0. The Morgan fingerprint density at radius 3 is 2.03 bits per heavy atom. The number of benzene rings is 2. The molecule has 154 valence electrons. The van der Waals surface area contributed by atoms with Gasteiger partial charge in [-0.2, -0.15) is 0 Å². The fourth-order valence-electron chi connectivity index (χ4n) is 4.60. The van der Waals surface area contributed by atoms with E-state index < -0.39 is 0 Å². The van der Waals surface area contributed by atoms with Crippen LogP contribution < -0.4 is 0 Å². The van der Waals surface area contributed by atoms with Crippen molar-refractivity contribution in [3.63, 3.8) is 0 Å². The topological polar surface area (TPSA) is 25.8 Å². The van der Waals surface area contributed by atoms with E-state index in [1.165, 1.54) is 16.7 Å². The van der Waals surface area contributed by atoms with E-state index in [2.05, 4.69) is 113 Å². The monoisotopic (exact) mass is 404 g/mol. The molecule has 2 aromatic carbocycles. The van der Waals surface area contributed by atoms with Gasteiger partial charge in [-0.25, -0.2) is 4.98 Å². The maximum Gasteiger partial charge on any atom is 0.0893 e. The summed E-state index contributed by atoms with van der Waals surface area (Å²) < 4.78 is 0. The van der Waals surface area contributed by atoms with Gasteiger partial charge in [-0.1, -0.05) is 82.3 Å². The quantitative estimate of drug-likeness (QED) is 0.316. The Morgan fingerprint density at radius 2 is 1.23 bits per heavy atom. The Hall–Kier alpha value is -3.26. The van der Waals surface area contributed by atoms with E-state index in [0.29, 0.717) is 0 Å². The lowest BCUT2D eigenvalue weighted by Gasteiger charge is -2.29. The fraction of sp³-hybridized carbons (Fsp3) is 0.241. The molecule has 4 aromatic rings. The van der Waals surface area contributed by atoms with Crippen LogP contribution in [0.2, 0.25) is 0 Å². The predicted octanol–water partition coefficient (Wildman–Crippen LogP) is 6.97. The van der Waals surface area contributed by atoms with Crippen LogP contribution in [-0.4, -0.2) is 9.97 Å². The molecule has 0 saturated heterocycles. The Balaban J connectivity index is 1.79. The third-order valence-corrected chi connectivity index (χ3v) is 6.63. The van der Waals surface area contributed by atoms with Crippen LogP contribution in [0.15, 0.2) is 84.9 Å². The summed E-state index contributed by atoms with van der Waals surface area (Å²) in [6, 6.07) is 30.4. The summed E-state index contributed by atoms with van der Waals surface area (Å²) in [5.74, 6) is 0. The highest BCUT2D eigenvalue weighted by molar-refractivity contribution is 5.65. The van der Waals surface area contributed by atoms with E-state index >= 15 is 0 Å². The Bertz CT molecular complexity index is 1270. The van der Waals surface area contributed by atoms with E-state index in [1.54, 1.807) is 0 Å². The third kappa shape index (κ3) is 3.57. The minimum absolute atomic E-state index is 0.0891. The van der Waals surface area contributed by atoms with E-state index in [0.717, 1.165) is 34.8 Å². The largest absolute Gasteiger partial charge is 0.251 e. The standard InChI is InChI=1S/C29H28N2/c1-28(2)19-20-9-5-11-22(17-20)29(3,4)23-12-6-10-21(18-23)24-13-7-14-25(30-24)26-15-8-16-27(28)31-26/h5-18H,19H2,1-4H3. The minimum atomic E-state index is -0.107. The Labute approximate surface area is 185 Å². The number of pyridine rings is 2. The Kier molecular flexibility index (Phi) is 4.55. The van der Waals surface area contributed by atoms with Gasteiger partial charge in [0, 0.05) is 22.1 Å². The second-order valence-electron chi connectivity index (χ2n) is 9.78. The third-order valence-electron chi connectivity index (χ3n) is 6.63. The SMILES string of the molecule is CC1(C)Cc2cccc(c2)C(C)(C)c2cccc(c2)-c2cccc(n2)-c2cccc1n2. The highest BCUT2D eigenvalue weighted by atomic mass is 14.8. The van der Waals surface area contributed by atoms with Gasteiger partial charge in [0.1, 0.15) is 0 Å². The van der Waals surface area contributed by atoms with Crippen molar-refractivity contribution < 1.29 is 0 Å². The molecule has 0 aliphatic carbocycles. The normalized spacial score (nSPS) is 16.1. The maximum atomic E-state index is 5.05. The summed E-state index contributed by atoms with van der Waals surface area (Å²) in [6.07, 6.45) is 0.931. The van der Waals surface area contributed by atoms with E-state index in [4.69, 9.17) is 9.97 Å². The van der Waals surface area contributed by atoms with Crippen molar-refractivity contribution in [2.75, 3.05) is 0 Å². The van der Waals surface area contributed by atoms with Gasteiger partial charge in [-0.15, -0.1) is 0 Å². The van der Waals surface area contributed by atoms with Crippen LogP contribution in [-0.2, 0) is 17.3 Å². The minimum Gasteiger partial charge on any atom is -0.251 e. The van der Waals surface area contributed by atoms with Crippen LogP contribution >= 0.6 is 0 Å². The van der Waals surface area contributed by atoms with Crippen molar-refractivity contribution in [1.82, 2.24) is 9.97 Å². The fourth-order valence-corrected chi connectivity index (χ4v) is 4.60. The van der Waals surface area contributed by atoms with E-state index in [1.807, 2.05) is 0 Å². The number of hydrogen-bond donors (Lipinski definition) is 0. The molecular formula is C29H28N2. The lowest BCUT2D eigenvalue weighted by Crippen LogP contribution is -2.23. The molecule has 1 aliphatic rings. The van der Waals surface area contributed by atoms with Crippen LogP contribution in [0.1, 0.15) is 50.1 Å². The molecule has 5 rings (SSSR count). The van der Waals surface area contributed by atoms with Gasteiger partial charge in [-0.3, -0.25) is 4.98 Å². The molecule has 8 bridgehead atoms. The van der Waals surface area contributed by atoms with Crippen LogP contribution in [0.3, 0.4) is 0 Å². The smallest absolute Gasteiger partial charge is 0.0893 e. The number of rotatable bonds is 0. The first-order valence-electron chi connectivity index (χ1n) is 11.0. The van der Waals surface area contributed by atoms with Crippen molar-refractivity contribution in [1.29, 1.82) is 0 Å². The lowest BCUT2D eigenvalue weighted by molar-refractivity contribution is 0.505. The first-order chi connectivity index (χ1) is 14.8. The number of aromatic nitrogens is 2. The van der Waals surface area contributed by atoms with Gasteiger partial charge in [0.25, 0.3) is 0 Å². The second kappa shape index (κ2) is 7.16. The van der Waals surface area contributed by atoms with Crippen LogP contribution in [0, 0.1) is 0 Å². The first kappa shape index (κ1) is 19.7. The lowest BCUT2D eigenvalue weighted by atomic mass is 9.75. The predicted molar refractivity (Wildman–Crippen MR) is 128 cm³/mol. The van der Waals surface area contributed by atoms with Gasteiger partial charge in [0.15, 0.2) is 0 Å². The molecule has 2 aromatic heterocycles. The number of fused-ring (bicyclic) bond motifs is 10. The van der Waals surface area contributed by atoms with Crippen molar-refractivity contribution in [2.24, 2.45) is 0 Å². The molecule has 3 heterocycles. The highest BCUT2D eigenvalue weighted by Gasteiger charge is 2.27. The molecule has 0 atom stereocenters. The number of nitrogens with zero attached hydrogens (tertiary/aromatic N) is 2. The molecule has 2 heteroatoms. The average molecular weight is 405 g/mol. The summed E-state index contributed by atoms with van der Waals surface area (Å²) >= 11 is 0. The molecule has 31 heavy (non-hydrogen) atoms. The van der Waals surface area contributed by atoms with Crippen LogP contribution in [0.4, 0.5) is 0 Å². The molecule has 0 amide bonds. The molecule has 1 aliphatic heterocycles. The maximum absolute atomic E-state index is 5.05. The van der Waals surface area contributed by atoms with Crippen molar-refractivity contribution in [3.05, 3.63) is 107 Å². The van der Waals surface area contributed by atoms with Gasteiger partial charge >= 0.3 is 0 Å². The van der Waals surface area contributed by atoms with E-state index in [-0.39, 0.29) is 10.8 Å². The summed E-state index contributed by atoms with van der Waals surface area (Å²) in [5.41, 5.74) is 8.81. The van der Waals surface area contributed by atoms with Gasteiger partial charge in [0.2, 0.25) is 0 Å². The molecule has 2 nitrogen and oxygen atoms in total. The van der Waals surface area contributed by atoms with Crippen LogP contribution in [0.25, 0.3) is 22.6 Å². The van der Waals surface area contributed by atoms with Crippen molar-refractivity contribution >= 4 is 0 Å². The van der Waals surface area contributed by atoms with E-state index in [9.17, 15) is 0 Å². The van der Waals surface area contributed by atoms with Crippen molar-refractivity contribution in [3.8, 4) is 22.6 Å². The van der Waals surface area contributed by atoms with Crippen LogP contribution in [0.5, 0.6) is 0 Å². The van der Waals surface area contributed by atoms with Gasteiger partial charge in [0.05, 0.1) is 17.1 Å². The van der Waals surface area contributed by atoms with Gasteiger partial charge < -0.3 is 0 Å². The summed E-state index contributed by atoms with van der Waals surface area (Å²) in [5, 5.41) is 0. The summed E-state index contributed by atoms with van der Waals surface area (Å²) in [6.45, 7) is 9.18. The zero-order chi connectivity index (χ0) is 21.6. The zero-order valence-electron chi connectivity index (χ0n) is 18.7. The summed E-state index contributed by atoms with van der Waals surface area (Å²) in [4.78, 5) is 10.0. The molecule has 0 radical (unpaired) electrons. The number of hydrogen-bond acceptors (Lipinski definition) is 2. The molecular weight excluding hydrogens is 376 g/mol. The second-order valence-corrected chi connectivity index (χ2v) is 9.78. The zero-order valence-corrected chi connectivity index (χ0v) is 18.7. The first-order valence-corrected chi connectivity index (χ1v) is 11.0. The molecule has 0 saturated carbocycles. The molecule has 0 N–H and O–H groups in total. The molecule has 0 spiro atoms. The molecule has 0 fully saturated rings. The van der Waals surface area contributed by atoms with Crippen molar-refractivity contribution in [2.45, 2.75) is 44.9 Å².